The second-order valence-electron chi connectivity index (χ2n) is 8.76. The molecular weight excluding hydrogens is 402 g/mol. The highest BCUT2D eigenvalue weighted by atomic mass is 32.2. The van der Waals surface area contributed by atoms with Gasteiger partial charge in [-0.15, -0.1) is 0 Å². The number of pyridine rings is 1. The van der Waals surface area contributed by atoms with E-state index in [9.17, 15) is 8.42 Å². The predicted octanol–water partition coefficient (Wildman–Crippen LogP) is 4.29. The lowest BCUT2D eigenvalue weighted by atomic mass is 9.97. The van der Waals surface area contributed by atoms with Gasteiger partial charge in [0.15, 0.2) is 9.84 Å². The van der Waals surface area contributed by atoms with Crippen molar-refractivity contribution in [1.29, 1.82) is 0 Å². The van der Waals surface area contributed by atoms with Crippen molar-refractivity contribution in [2.45, 2.75) is 56.4 Å². The summed E-state index contributed by atoms with van der Waals surface area (Å²) in [5.41, 5.74) is 2.17. The van der Waals surface area contributed by atoms with Crippen molar-refractivity contribution in [3.8, 4) is 17.3 Å². The van der Waals surface area contributed by atoms with Crippen LogP contribution in [0, 0.1) is 0 Å². The number of benzene rings is 1. The predicted molar refractivity (Wildman–Crippen MR) is 112 cm³/mol. The van der Waals surface area contributed by atoms with Crippen LogP contribution in [0.2, 0.25) is 0 Å². The summed E-state index contributed by atoms with van der Waals surface area (Å²) in [6, 6.07) is 8.64. The van der Waals surface area contributed by atoms with Crippen LogP contribution in [-0.2, 0) is 21.9 Å². The van der Waals surface area contributed by atoms with E-state index in [0.717, 1.165) is 29.7 Å². The lowest BCUT2D eigenvalue weighted by Gasteiger charge is -2.12. The maximum atomic E-state index is 11.8. The minimum atomic E-state index is -3.26. The van der Waals surface area contributed by atoms with Gasteiger partial charge in [-0.2, -0.15) is 4.98 Å². The molecule has 2 heterocycles. The molecule has 0 N–H and O–H groups in total. The monoisotopic (exact) mass is 427 g/mol. The first-order valence-electron chi connectivity index (χ1n) is 9.87. The molecule has 158 valence electrons. The topological polar surface area (TPSA) is 95.2 Å². The van der Waals surface area contributed by atoms with E-state index < -0.39 is 9.84 Å². The standard InChI is InChI=1S/C22H25N3O4S/c1-22(2,3)21-24-20(25-29-21)18-11-19(17(12-23-18)15-8-9-15)28-13-14-6-5-7-16(10-14)30(4,26)27/h5-7,10-12,15H,8-9,13H2,1-4H3. The molecule has 30 heavy (non-hydrogen) atoms. The Labute approximate surface area is 176 Å². The third-order valence-electron chi connectivity index (χ3n) is 4.93. The van der Waals surface area contributed by atoms with E-state index in [4.69, 9.17) is 9.26 Å². The van der Waals surface area contributed by atoms with E-state index in [1.807, 2.05) is 39.1 Å². The average molecular weight is 428 g/mol. The summed E-state index contributed by atoms with van der Waals surface area (Å²) in [4.78, 5) is 9.28. The third kappa shape index (κ3) is 4.53. The maximum absolute atomic E-state index is 11.8. The molecule has 1 aliphatic carbocycles. The van der Waals surface area contributed by atoms with Crippen LogP contribution in [0.15, 0.2) is 45.9 Å². The highest BCUT2D eigenvalue weighted by Crippen LogP contribution is 2.44. The van der Waals surface area contributed by atoms with Gasteiger partial charge in [-0.3, -0.25) is 4.98 Å². The summed E-state index contributed by atoms with van der Waals surface area (Å²) < 4.78 is 35.1. The van der Waals surface area contributed by atoms with E-state index in [0.29, 0.717) is 23.3 Å². The molecule has 2 aromatic heterocycles. The van der Waals surface area contributed by atoms with Crippen molar-refractivity contribution in [3.05, 3.63) is 53.5 Å². The first-order valence-corrected chi connectivity index (χ1v) is 11.8. The van der Waals surface area contributed by atoms with Crippen LogP contribution in [0.5, 0.6) is 5.75 Å². The lowest BCUT2D eigenvalue weighted by Crippen LogP contribution is -2.11. The molecule has 3 aromatic rings. The number of ether oxygens (including phenoxy) is 1. The highest BCUT2D eigenvalue weighted by molar-refractivity contribution is 7.90. The summed E-state index contributed by atoms with van der Waals surface area (Å²) in [5.74, 6) is 2.13. The minimum Gasteiger partial charge on any atom is -0.488 e. The Hall–Kier alpha value is -2.74. The van der Waals surface area contributed by atoms with Gasteiger partial charge in [0.2, 0.25) is 11.7 Å². The van der Waals surface area contributed by atoms with Crippen LogP contribution in [0.4, 0.5) is 0 Å². The minimum absolute atomic E-state index is 0.247. The Kier molecular flexibility index (Phi) is 5.13. The van der Waals surface area contributed by atoms with E-state index in [-0.39, 0.29) is 16.9 Å². The largest absolute Gasteiger partial charge is 0.488 e. The Balaban J connectivity index is 1.61. The Morgan fingerprint density at radius 2 is 1.97 bits per heavy atom. The Morgan fingerprint density at radius 1 is 1.20 bits per heavy atom. The molecule has 1 aliphatic rings. The quantitative estimate of drug-likeness (QED) is 0.579. The molecule has 0 atom stereocenters. The summed E-state index contributed by atoms with van der Waals surface area (Å²) in [5, 5.41) is 4.07. The fraction of sp³-hybridized carbons (Fsp3) is 0.409. The van der Waals surface area contributed by atoms with Gasteiger partial charge in [-0.25, -0.2) is 8.42 Å². The molecule has 4 rings (SSSR count). The third-order valence-corrected chi connectivity index (χ3v) is 6.04. The van der Waals surface area contributed by atoms with E-state index in [1.165, 1.54) is 6.26 Å². The summed E-state index contributed by atoms with van der Waals surface area (Å²) >= 11 is 0. The molecule has 8 heteroatoms. The number of rotatable bonds is 6. The molecule has 0 bridgehead atoms. The number of sulfone groups is 1. The normalized spacial score (nSPS) is 14.7. The number of nitrogens with zero attached hydrogens (tertiary/aromatic N) is 3. The Morgan fingerprint density at radius 3 is 2.60 bits per heavy atom. The van der Waals surface area contributed by atoms with Crippen molar-refractivity contribution in [3.63, 3.8) is 0 Å². The second-order valence-corrected chi connectivity index (χ2v) is 10.8. The van der Waals surface area contributed by atoms with Crippen LogP contribution in [0.3, 0.4) is 0 Å². The van der Waals surface area contributed by atoms with Gasteiger partial charge in [0.1, 0.15) is 18.1 Å². The molecule has 0 aliphatic heterocycles. The zero-order valence-corrected chi connectivity index (χ0v) is 18.4. The molecule has 1 saturated carbocycles. The molecule has 0 unspecified atom stereocenters. The molecule has 0 amide bonds. The smallest absolute Gasteiger partial charge is 0.232 e. The molecular formula is C22H25N3O4S. The van der Waals surface area contributed by atoms with Crippen molar-refractivity contribution in [1.82, 2.24) is 15.1 Å². The maximum Gasteiger partial charge on any atom is 0.232 e. The van der Waals surface area contributed by atoms with Crippen LogP contribution >= 0.6 is 0 Å². The zero-order valence-electron chi connectivity index (χ0n) is 17.5. The Bertz CT molecular complexity index is 1180. The van der Waals surface area contributed by atoms with Gasteiger partial charge in [0, 0.05) is 29.5 Å². The number of aromatic nitrogens is 3. The lowest BCUT2D eigenvalue weighted by molar-refractivity contribution is 0.302. The molecule has 1 fully saturated rings. The van der Waals surface area contributed by atoms with Gasteiger partial charge in [0.25, 0.3) is 0 Å². The fourth-order valence-corrected chi connectivity index (χ4v) is 3.75. The molecule has 0 spiro atoms. The van der Waals surface area contributed by atoms with Crippen molar-refractivity contribution < 1.29 is 17.7 Å². The van der Waals surface area contributed by atoms with E-state index >= 15 is 0 Å². The molecule has 0 saturated heterocycles. The van der Waals surface area contributed by atoms with Crippen molar-refractivity contribution >= 4 is 9.84 Å². The van der Waals surface area contributed by atoms with Gasteiger partial charge < -0.3 is 9.26 Å². The SMILES string of the molecule is CC(C)(C)c1nc(-c2cc(OCc3cccc(S(C)(=O)=O)c3)c(C3CC3)cn2)no1. The van der Waals surface area contributed by atoms with Crippen LogP contribution < -0.4 is 4.74 Å². The first-order chi connectivity index (χ1) is 14.1. The van der Waals surface area contributed by atoms with Crippen LogP contribution in [0.25, 0.3) is 11.5 Å². The van der Waals surface area contributed by atoms with Gasteiger partial charge in [-0.05, 0) is 36.5 Å². The van der Waals surface area contributed by atoms with Crippen LogP contribution in [-0.4, -0.2) is 29.8 Å². The second kappa shape index (κ2) is 7.50. The highest BCUT2D eigenvalue weighted by Gasteiger charge is 2.29. The molecule has 7 nitrogen and oxygen atoms in total. The fourth-order valence-electron chi connectivity index (χ4n) is 3.05. The summed E-state index contributed by atoms with van der Waals surface area (Å²) in [6.07, 6.45) is 5.24. The molecule has 0 radical (unpaired) electrons. The average Bonchev–Trinajstić information content (AvgIpc) is 3.39. The number of hydrogen-bond acceptors (Lipinski definition) is 7. The molecule has 1 aromatic carbocycles. The summed E-state index contributed by atoms with van der Waals surface area (Å²) in [6.45, 7) is 6.28. The van der Waals surface area contributed by atoms with E-state index in [1.54, 1.807) is 18.2 Å². The zero-order chi connectivity index (χ0) is 21.5. The first kappa shape index (κ1) is 20.5. The van der Waals surface area contributed by atoms with Crippen molar-refractivity contribution in [2.75, 3.05) is 6.26 Å². The van der Waals surface area contributed by atoms with Gasteiger partial charge >= 0.3 is 0 Å². The summed E-state index contributed by atoms with van der Waals surface area (Å²) in [7, 11) is -3.26. The van der Waals surface area contributed by atoms with E-state index in [2.05, 4.69) is 15.1 Å². The van der Waals surface area contributed by atoms with Crippen molar-refractivity contribution in [2.24, 2.45) is 0 Å². The van der Waals surface area contributed by atoms with Crippen LogP contribution in [0.1, 0.15) is 56.5 Å². The van der Waals surface area contributed by atoms with Gasteiger partial charge in [0.05, 0.1) is 4.90 Å². The van der Waals surface area contributed by atoms with Gasteiger partial charge in [-0.1, -0.05) is 38.1 Å². The number of hydrogen-bond donors (Lipinski definition) is 0.